The molecule has 4 atom stereocenters. The minimum absolute atomic E-state index is 0.343. The van der Waals surface area contributed by atoms with E-state index in [2.05, 4.69) is 23.4 Å². The third-order valence-electron chi connectivity index (χ3n) is 5.55. The predicted octanol–water partition coefficient (Wildman–Crippen LogP) is 2.83. The summed E-state index contributed by atoms with van der Waals surface area (Å²) in [5.41, 5.74) is 1.22. The van der Waals surface area contributed by atoms with E-state index < -0.39 is 0 Å². The fourth-order valence-electron chi connectivity index (χ4n) is 4.74. The van der Waals surface area contributed by atoms with Crippen LogP contribution >= 0.6 is 0 Å². The molecule has 0 saturated heterocycles. The Kier molecular flexibility index (Phi) is 2.97. The van der Waals surface area contributed by atoms with E-state index in [1.807, 2.05) is 12.1 Å². The monoisotopic (exact) mass is 267 g/mol. The zero-order valence-electron chi connectivity index (χ0n) is 11.7. The van der Waals surface area contributed by atoms with Crippen molar-refractivity contribution in [2.45, 2.75) is 31.8 Å². The van der Waals surface area contributed by atoms with Gasteiger partial charge in [0.1, 0.15) is 12.4 Å². The van der Waals surface area contributed by atoms with Crippen molar-refractivity contribution in [2.24, 2.45) is 23.7 Å². The quantitative estimate of drug-likeness (QED) is 0.828. The summed E-state index contributed by atoms with van der Waals surface area (Å²) in [5.74, 6) is 7.46. The molecule has 0 aromatic heterocycles. The fourth-order valence-corrected chi connectivity index (χ4v) is 4.74. The molecule has 0 amide bonds. The van der Waals surface area contributed by atoms with Crippen molar-refractivity contribution in [3.8, 4) is 18.1 Å². The summed E-state index contributed by atoms with van der Waals surface area (Å²) in [5, 5.41) is 3.76. The van der Waals surface area contributed by atoms with Gasteiger partial charge in [0, 0.05) is 18.2 Å². The summed E-state index contributed by atoms with van der Waals surface area (Å²) in [6.07, 6.45) is 9.73. The molecule has 2 bridgehead atoms. The first-order valence-corrected chi connectivity index (χ1v) is 7.76. The van der Waals surface area contributed by atoms with Gasteiger partial charge in [-0.3, -0.25) is 0 Å². The highest BCUT2D eigenvalue weighted by molar-refractivity contribution is 5.34. The maximum atomic E-state index is 5.61. The Morgan fingerprint density at radius 1 is 1.20 bits per heavy atom. The molecular formula is C18H21NO. The number of fused-ring (bicyclic) bond motifs is 5. The van der Waals surface area contributed by atoms with Crippen molar-refractivity contribution in [3.05, 3.63) is 29.8 Å². The molecule has 20 heavy (non-hydrogen) atoms. The number of rotatable bonds is 5. The van der Waals surface area contributed by atoms with Crippen LogP contribution in [-0.2, 0) is 6.54 Å². The SMILES string of the molecule is C#CCOc1ccccc1CNC1C2C3CCC(C3)C12. The van der Waals surface area contributed by atoms with Gasteiger partial charge in [0.15, 0.2) is 0 Å². The van der Waals surface area contributed by atoms with Crippen LogP contribution in [0.5, 0.6) is 5.75 Å². The number of ether oxygens (including phenoxy) is 1. The van der Waals surface area contributed by atoms with Gasteiger partial charge in [-0.05, 0) is 49.0 Å². The van der Waals surface area contributed by atoms with Crippen molar-refractivity contribution >= 4 is 0 Å². The number of hydrogen-bond donors (Lipinski definition) is 1. The Balaban J connectivity index is 1.38. The van der Waals surface area contributed by atoms with E-state index in [0.29, 0.717) is 6.61 Å². The normalized spacial score (nSPS) is 36.5. The van der Waals surface area contributed by atoms with Crippen LogP contribution < -0.4 is 10.1 Å². The maximum Gasteiger partial charge on any atom is 0.148 e. The Morgan fingerprint density at radius 2 is 1.95 bits per heavy atom. The summed E-state index contributed by atoms with van der Waals surface area (Å²) in [4.78, 5) is 0. The Bertz CT molecular complexity index is 531. The zero-order chi connectivity index (χ0) is 13.5. The second-order valence-corrected chi connectivity index (χ2v) is 6.50. The minimum atomic E-state index is 0.343. The van der Waals surface area contributed by atoms with Crippen LogP contribution in [0.15, 0.2) is 24.3 Å². The first-order valence-electron chi connectivity index (χ1n) is 7.76. The second-order valence-electron chi connectivity index (χ2n) is 6.50. The standard InChI is InChI=1S/C18H21NO/c1-2-9-20-15-6-4-3-5-14(15)11-19-18-16-12-7-8-13(10-12)17(16)18/h1,3-6,12-13,16-19H,7-11H2. The lowest BCUT2D eigenvalue weighted by Crippen LogP contribution is -2.22. The van der Waals surface area contributed by atoms with Crippen LogP contribution in [-0.4, -0.2) is 12.6 Å². The molecule has 3 saturated carbocycles. The van der Waals surface area contributed by atoms with Crippen molar-refractivity contribution in [1.82, 2.24) is 5.32 Å². The first-order chi connectivity index (χ1) is 9.88. The summed E-state index contributed by atoms with van der Waals surface area (Å²) in [7, 11) is 0. The average Bonchev–Trinajstić information content (AvgIpc) is 2.87. The highest BCUT2D eigenvalue weighted by Crippen LogP contribution is 2.65. The second kappa shape index (κ2) is 4.82. The van der Waals surface area contributed by atoms with Gasteiger partial charge in [-0.1, -0.05) is 24.1 Å². The topological polar surface area (TPSA) is 21.3 Å². The molecule has 1 N–H and O–H groups in total. The van der Waals surface area contributed by atoms with E-state index in [9.17, 15) is 0 Å². The van der Waals surface area contributed by atoms with Crippen molar-refractivity contribution < 1.29 is 4.74 Å². The molecule has 1 aromatic rings. The zero-order valence-corrected chi connectivity index (χ0v) is 11.7. The number of hydrogen-bond acceptors (Lipinski definition) is 2. The molecule has 3 aliphatic rings. The molecule has 4 unspecified atom stereocenters. The number of terminal acetylenes is 1. The number of nitrogens with one attached hydrogen (secondary N) is 1. The van der Waals surface area contributed by atoms with Crippen molar-refractivity contribution in [3.63, 3.8) is 0 Å². The summed E-state index contributed by atoms with van der Waals surface area (Å²) < 4.78 is 5.61. The Morgan fingerprint density at radius 3 is 2.70 bits per heavy atom. The van der Waals surface area contributed by atoms with Crippen LogP contribution in [0, 0.1) is 36.0 Å². The molecule has 0 spiro atoms. The van der Waals surface area contributed by atoms with Crippen LogP contribution in [0.1, 0.15) is 24.8 Å². The maximum absolute atomic E-state index is 5.61. The third kappa shape index (κ3) is 1.93. The largest absolute Gasteiger partial charge is 0.481 e. The smallest absolute Gasteiger partial charge is 0.148 e. The van der Waals surface area contributed by atoms with Gasteiger partial charge in [0.2, 0.25) is 0 Å². The average molecular weight is 267 g/mol. The molecule has 0 aliphatic heterocycles. The van der Waals surface area contributed by atoms with Gasteiger partial charge < -0.3 is 10.1 Å². The third-order valence-corrected chi connectivity index (χ3v) is 5.55. The Hall–Kier alpha value is -1.46. The lowest BCUT2D eigenvalue weighted by atomic mass is 10.0. The van der Waals surface area contributed by atoms with Crippen LogP contribution in [0.25, 0.3) is 0 Å². The van der Waals surface area contributed by atoms with Gasteiger partial charge in [-0.25, -0.2) is 0 Å². The molecule has 4 rings (SSSR count). The molecule has 2 heteroatoms. The van der Waals surface area contributed by atoms with E-state index in [4.69, 9.17) is 11.2 Å². The Labute approximate surface area is 120 Å². The molecule has 0 radical (unpaired) electrons. The van der Waals surface area contributed by atoms with E-state index >= 15 is 0 Å². The molecule has 0 heterocycles. The van der Waals surface area contributed by atoms with E-state index in [1.165, 1.54) is 24.8 Å². The van der Waals surface area contributed by atoms with E-state index in [1.54, 1.807) is 0 Å². The predicted molar refractivity (Wildman–Crippen MR) is 79.2 cm³/mol. The molecule has 3 aliphatic carbocycles. The van der Waals surface area contributed by atoms with Crippen LogP contribution in [0.3, 0.4) is 0 Å². The van der Waals surface area contributed by atoms with Gasteiger partial charge in [0.25, 0.3) is 0 Å². The lowest BCUT2D eigenvalue weighted by Gasteiger charge is -2.13. The molecular weight excluding hydrogens is 246 g/mol. The molecule has 3 fully saturated rings. The summed E-state index contributed by atoms with van der Waals surface area (Å²) in [6, 6.07) is 8.97. The number of para-hydroxylation sites is 1. The highest BCUT2D eigenvalue weighted by Gasteiger charge is 2.64. The number of benzene rings is 1. The highest BCUT2D eigenvalue weighted by atomic mass is 16.5. The molecule has 2 nitrogen and oxygen atoms in total. The minimum Gasteiger partial charge on any atom is -0.481 e. The summed E-state index contributed by atoms with van der Waals surface area (Å²) in [6.45, 7) is 1.24. The van der Waals surface area contributed by atoms with Gasteiger partial charge in [-0.2, -0.15) is 0 Å². The van der Waals surface area contributed by atoms with Gasteiger partial charge >= 0.3 is 0 Å². The fraction of sp³-hybridized carbons (Fsp3) is 0.556. The van der Waals surface area contributed by atoms with Gasteiger partial charge in [-0.15, -0.1) is 6.42 Å². The van der Waals surface area contributed by atoms with Crippen LogP contribution in [0.4, 0.5) is 0 Å². The van der Waals surface area contributed by atoms with Gasteiger partial charge in [0.05, 0.1) is 0 Å². The van der Waals surface area contributed by atoms with Crippen LogP contribution in [0.2, 0.25) is 0 Å². The van der Waals surface area contributed by atoms with E-state index in [-0.39, 0.29) is 0 Å². The first kappa shape index (κ1) is 12.3. The lowest BCUT2D eigenvalue weighted by molar-refractivity contribution is 0.363. The summed E-state index contributed by atoms with van der Waals surface area (Å²) >= 11 is 0. The molecule has 104 valence electrons. The van der Waals surface area contributed by atoms with Crippen molar-refractivity contribution in [2.75, 3.05) is 6.61 Å². The van der Waals surface area contributed by atoms with E-state index in [0.717, 1.165) is 42.0 Å². The molecule has 1 aromatic carbocycles. The van der Waals surface area contributed by atoms with Crippen molar-refractivity contribution in [1.29, 1.82) is 0 Å².